The first kappa shape index (κ1) is 16.6. The van der Waals surface area contributed by atoms with Crippen molar-refractivity contribution in [2.24, 2.45) is 0 Å². The Hall–Kier alpha value is -2.89. The third-order valence-corrected chi connectivity index (χ3v) is 4.90. The minimum atomic E-state index is -0.0485. The van der Waals surface area contributed by atoms with Gasteiger partial charge in [-0.1, -0.05) is 18.2 Å². The van der Waals surface area contributed by atoms with Crippen LogP contribution >= 0.6 is 0 Å². The third kappa shape index (κ3) is 3.03. The van der Waals surface area contributed by atoms with Gasteiger partial charge in [0.15, 0.2) is 0 Å². The Balaban J connectivity index is 1.55. The molecular formula is C20H23N5O. The van der Waals surface area contributed by atoms with E-state index in [1.54, 1.807) is 6.20 Å². The smallest absolute Gasteiger partial charge is 0.321 e. The summed E-state index contributed by atoms with van der Waals surface area (Å²) in [5.74, 6) is 1.30. The number of para-hydroxylation sites is 1. The quantitative estimate of drug-likeness (QED) is 0.776. The molecule has 0 unspecified atom stereocenters. The van der Waals surface area contributed by atoms with Gasteiger partial charge in [0.05, 0.1) is 17.2 Å². The predicted molar refractivity (Wildman–Crippen MR) is 102 cm³/mol. The number of hydrogen-bond donors (Lipinski definition) is 1. The lowest BCUT2D eigenvalue weighted by atomic mass is 10.1. The number of hydrogen-bond acceptors (Lipinski definition) is 3. The molecule has 1 N–H and O–H groups in total. The normalized spacial score (nSPS) is 17.2. The SMILES string of the molecule is CC(C)n1c([C@@H]2CCN(C(=O)Nc3ccccc3)C2)nc2ccncc21. The fourth-order valence-electron chi connectivity index (χ4n) is 3.67. The number of nitrogens with one attached hydrogen (secondary N) is 1. The fourth-order valence-corrected chi connectivity index (χ4v) is 3.67. The van der Waals surface area contributed by atoms with Crippen molar-refractivity contribution in [1.82, 2.24) is 19.4 Å². The van der Waals surface area contributed by atoms with E-state index < -0.39 is 0 Å². The highest BCUT2D eigenvalue weighted by atomic mass is 16.2. The maximum absolute atomic E-state index is 12.6. The Kier molecular flexibility index (Phi) is 4.32. The molecule has 0 bridgehead atoms. The average Bonchev–Trinajstić information content (AvgIpc) is 3.27. The number of pyridine rings is 1. The number of imidazole rings is 1. The van der Waals surface area contributed by atoms with Crippen LogP contribution in [0.4, 0.5) is 10.5 Å². The molecule has 4 rings (SSSR count). The Morgan fingerprint density at radius 2 is 2.04 bits per heavy atom. The van der Waals surface area contributed by atoms with Crippen molar-refractivity contribution in [1.29, 1.82) is 0 Å². The Labute approximate surface area is 152 Å². The van der Waals surface area contributed by atoms with Crippen molar-refractivity contribution >= 4 is 22.8 Å². The second-order valence-electron chi connectivity index (χ2n) is 7.03. The third-order valence-electron chi connectivity index (χ3n) is 4.90. The second kappa shape index (κ2) is 6.78. The van der Waals surface area contributed by atoms with Gasteiger partial charge in [-0.2, -0.15) is 0 Å². The van der Waals surface area contributed by atoms with Crippen LogP contribution in [-0.4, -0.2) is 38.6 Å². The summed E-state index contributed by atoms with van der Waals surface area (Å²) in [5, 5.41) is 2.97. The largest absolute Gasteiger partial charge is 0.324 e. The van der Waals surface area contributed by atoms with Crippen LogP contribution in [0.1, 0.15) is 38.1 Å². The summed E-state index contributed by atoms with van der Waals surface area (Å²) in [4.78, 5) is 23.5. The van der Waals surface area contributed by atoms with Crippen molar-refractivity contribution < 1.29 is 4.79 Å². The molecule has 0 spiro atoms. The first-order valence-corrected chi connectivity index (χ1v) is 9.06. The molecule has 1 saturated heterocycles. The van der Waals surface area contributed by atoms with Gasteiger partial charge in [-0.15, -0.1) is 0 Å². The van der Waals surface area contributed by atoms with E-state index in [1.165, 1.54) is 0 Å². The van der Waals surface area contributed by atoms with Gasteiger partial charge < -0.3 is 14.8 Å². The van der Waals surface area contributed by atoms with Crippen LogP contribution in [-0.2, 0) is 0 Å². The molecule has 1 atom stereocenters. The number of carbonyl (C=O) groups excluding carboxylic acids is 1. The van der Waals surface area contributed by atoms with Crippen molar-refractivity contribution in [3.63, 3.8) is 0 Å². The standard InChI is InChI=1S/C20H23N5O/c1-14(2)25-18-12-21-10-8-17(18)23-19(25)15-9-11-24(13-15)20(26)22-16-6-4-3-5-7-16/h3-8,10,12,14-15H,9,11,13H2,1-2H3,(H,22,26)/t15-/m1/s1. The van der Waals surface area contributed by atoms with E-state index in [0.717, 1.165) is 35.5 Å². The molecule has 1 aliphatic heterocycles. The van der Waals surface area contributed by atoms with Crippen LogP contribution in [0.3, 0.4) is 0 Å². The molecule has 2 amide bonds. The molecule has 1 aromatic carbocycles. The highest BCUT2D eigenvalue weighted by Crippen LogP contribution is 2.31. The molecule has 6 heteroatoms. The van der Waals surface area contributed by atoms with Crippen molar-refractivity contribution in [3.05, 3.63) is 54.6 Å². The van der Waals surface area contributed by atoms with Gasteiger partial charge in [-0.25, -0.2) is 9.78 Å². The van der Waals surface area contributed by atoms with Gasteiger partial charge in [-0.05, 0) is 38.5 Å². The van der Waals surface area contributed by atoms with E-state index >= 15 is 0 Å². The highest BCUT2D eigenvalue weighted by molar-refractivity contribution is 5.89. The number of fused-ring (bicyclic) bond motifs is 1. The van der Waals surface area contributed by atoms with Gasteiger partial charge in [0, 0.05) is 36.9 Å². The number of urea groups is 1. The van der Waals surface area contributed by atoms with Gasteiger partial charge >= 0.3 is 6.03 Å². The molecule has 1 fully saturated rings. The molecule has 0 aliphatic carbocycles. The van der Waals surface area contributed by atoms with E-state index in [2.05, 4.69) is 28.7 Å². The zero-order chi connectivity index (χ0) is 18.1. The topological polar surface area (TPSA) is 63.1 Å². The lowest BCUT2D eigenvalue weighted by Gasteiger charge is -2.19. The number of nitrogens with zero attached hydrogens (tertiary/aromatic N) is 4. The average molecular weight is 349 g/mol. The highest BCUT2D eigenvalue weighted by Gasteiger charge is 2.31. The van der Waals surface area contributed by atoms with Gasteiger partial charge in [0.2, 0.25) is 0 Å². The van der Waals surface area contributed by atoms with Crippen LogP contribution in [0, 0.1) is 0 Å². The zero-order valence-corrected chi connectivity index (χ0v) is 15.1. The van der Waals surface area contributed by atoms with E-state index in [4.69, 9.17) is 4.98 Å². The molecule has 134 valence electrons. The summed E-state index contributed by atoms with van der Waals surface area (Å²) in [6, 6.07) is 11.8. The summed E-state index contributed by atoms with van der Waals surface area (Å²) >= 11 is 0. The summed E-state index contributed by atoms with van der Waals surface area (Å²) in [6.07, 6.45) is 4.57. The number of anilines is 1. The molecule has 2 aromatic heterocycles. The van der Waals surface area contributed by atoms with Crippen molar-refractivity contribution in [2.75, 3.05) is 18.4 Å². The lowest BCUT2D eigenvalue weighted by molar-refractivity contribution is 0.222. The van der Waals surface area contributed by atoms with Crippen LogP contribution in [0.25, 0.3) is 11.0 Å². The Morgan fingerprint density at radius 1 is 1.23 bits per heavy atom. The van der Waals surface area contributed by atoms with Crippen molar-refractivity contribution in [3.8, 4) is 0 Å². The van der Waals surface area contributed by atoms with Gasteiger partial charge in [-0.3, -0.25) is 4.98 Å². The Bertz CT molecular complexity index is 918. The van der Waals surface area contributed by atoms with E-state index in [1.807, 2.05) is 47.5 Å². The minimum absolute atomic E-state index is 0.0485. The number of carbonyl (C=O) groups is 1. The van der Waals surface area contributed by atoms with Crippen LogP contribution in [0.15, 0.2) is 48.8 Å². The Morgan fingerprint density at radius 3 is 2.81 bits per heavy atom. The van der Waals surface area contributed by atoms with Gasteiger partial charge in [0.25, 0.3) is 0 Å². The summed E-state index contributed by atoms with van der Waals surface area (Å²) in [7, 11) is 0. The maximum atomic E-state index is 12.6. The predicted octanol–water partition coefficient (Wildman–Crippen LogP) is 4.03. The number of rotatable bonds is 3. The number of amides is 2. The van der Waals surface area contributed by atoms with Crippen molar-refractivity contribution in [2.45, 2.75) is 32.2 Å². The molecule has 0 saturated carbocycles. The maximum Gasteiger partial charge on any atom is 0.321 e. The zero-order valence-electron chi connectivity index (χ0n) is 15.1. The van der Waals surface area contributed by atoms with Crippen LogP contribution < -0.4 is 5.32 Å². The van der Waals surface area contributed by atoms with E-state index in [0.29, 0.717) is 12.6 Å². The molecule has 3 heterocycles. The second-order valence-corrected chi connectivity index (χ2v) is 7.03. The van der Waals surface area contributed by atoms with Gasteiger partial charge in [0.1, 0.15) is 5.82 Å². The molecule has 0 radical (unpaired) electrons. The van der Waals surface area contributed by atoms with Crippen LogP contribution in [0.2, 0.25) is 0 Å². The van der Waals surface area contributed by atoms with Crippen LogP contribution in [0.5, 0.6) is 0 Å². The molecule has 3 aromatic rings. The molecule has 1 aliphatic rings. The minimum Gasteiger partial charge on any atom is -0.324 e. The number of aromatic nitrogens is 3. The molecule has 6 nitrogen and oxygen atoms in total. The lowest BCUT2D eigenvalue weighted by Crippen LogP contribution is -2.33. The monoisotopic (exact) mass is 349 g/mol. The molecular weight excluding hydrogens is 326 g/mol. The van der Waals surface area contributed by atoms with E-state index in [9.17, 15) is 4.79 Å². The summed E-state index contributed by atoms with van der Waals surface area (Å²) in [5.41, 5.74) is 2.85. The van der Waals surface area contributed by atoms with E-state index in [-0.39, 0.29) is 11.9 Å². The summed E-state index contributed by atoms with van der Waals surface area (Å²) in [6.45, 7) is 5.74. The first-order chi connectivity index (χ1) is 12.6. The first-order valence-electron chi connectivity index (χ1n) is 9.06. The number of benzene rings is 1. The number of likely N-dealkylation sites (tertiary alicyclic amines) is 1. The molecule has 26 heavy (non-hydrogen) atoms. The summed E-state index contributed by atoms with van der Waals surface area (Å²) < 4.78 is 2.26. The fraction of sp³-hybridized carbons (Fsp3) is 0.350.